The molecule has 0 spiro atoms. The Labute approximate surface area is 129 Å². The molecule has 5 heteroatoms. The number of benzene rings is 1. The van der Waals surface area contributed by atoms with Gasteiger partial charge in [-0.15, -0.1) is 11.6 Å². The molecule has 1 aromatic heterocycles. The number of rotatable bonds is 3. The predicted molar refractivity (Wildman–Crippen MR) is 82.6 cm³/mol. The summed E-state index contributed by atoms with van der Waals surface area (Å²) in [5.41, 5.74) is 1.54. The average Bonchev–Trinajstić information content (AvgIpc) is 3.02. The summed E-state index contributed by atoms with van der Waals surface area (Å²) in [6, 6.07) is 3.18. The molecule has 114 valence electrons. The zero-order valence-electron chi connectivity index (χ0n) is 12.6. The van der Waals surface area contributed by atoms with Crippen molar-refractivity contribution in [3.05, 3.63) is 23.8 Å². The smallest absolute Gasteiger partial charge is 0.167 e. The van der Waals surface area contributed by atoms with E-state index in [1.807, 2.05) is 6.92 Å². The molecule has 1 heterocycles. The molecular weight excluding hydrogens is 291 g/mol. The Bertz CT molecular complexity index is 674. The molecule has 2 aromatic rings. The lowest BCUT2D eigenvalue weighted by Crippen LogP contribution is -2.28. The highest BCUT2D eigenvalue weighted by molar-refractivity contribution is 6.20. The summed E-state index contributed by atoms with van der Waals surface area (Å²) in [7, 11) is 1.48. The predicted octanol–water partition coefficient (Wildman–Crippen LogP) is 4.77. The SMILES string of the molecule is COc1cc2c(cc1F)nc(C(C)Cl)n2C1(C)CCCC1. The molecule has 1 aliphatic rings. The Morgan fingerprint density at radius 2 is 2.05 bits per heavy atom. The third kappa shape index (κ3) is 2.30. The first-order valence-electron chi connectivity index (χ1n) is 7.37. The van der Waals surface area contributed by atoms with Crippen LogP contribution in [0.25, 0.3) is 11.0 Å². The minimum Gasteiger partial charge on any atom is -0.494 e. The van der Waals surface area contributed by atoms with Crippen molar-refractivity contribution < 1.29 is 9.13 Å². The van der Waals surface area contributed by atoms with Gasteiger partial charge in [-0.3, -0.25) is 0 Å². The van der Waals surface area contributed by atoms with Crippen LogP contribution in [0, 0.1) is 5.82 Å². The summed E-state index contributed by atoms with van der Waals surface area (Å²) >= 11 is 6.33. The lowest BCUT2D eigenvalue weighted by atomic mass is 9.99. The van der Waals surface area contributed by atoms with Gasteiger partial charge >= 0.3 is 0 Å². The maximum Gasteiger partial charge on any atom is 0.167 e. The summed E-state index contributed by atoms with van der Waals surface area (Å²) in [4.78, 5) is 4.57. The van der Waals surface area contributed by atoms with E-state index in [-0.39, 0.29) is 22.5 Å². The number of alkyl halides is 1. The molecule has 3 nitrogen and oxygen atoms in total. The fraction of sp³-hybridized carbons (Fsp3) is 0.562. The highest BCUT2D eigenvalue weighted by Gasteiger charge is 2.35. The second-order valence-electron chi connectivity index (χ2n) is 6.10. The van der Waals surface area contributed by atoms with Crippen LogP contribution in [0.2, 0.25) is 0 Å². The van der Waals surface area contributed by atoms with Crippen molar-refractivity contribution >= 4 is 22.6 Å². The summed E-state index contributed by atoms with van der Waals surface area (Å²) < 4.78 is 21.3. The van der Waals surface area contributed by atoms with Crippen LogP contribution in [-0.2, 0) is 5.54 Å². The third-order valence-corrected chi connectivity index (χ3v) is 4.73. The quantitative estimate of drug-likeness (QED) is 0.763. The van der Waals surface area contributed by atoms with Gasteiger partial charge in [0.1, 0.15) is 5.82 Å². The fourth-order valence-electron chi connectivity index (χ4n) is 3.45. The molecular formula is C16H20ClFN2O. The van der Waals surface area contributed by atoms with E-state index in [1.165, 1.54) is 26.0 Å². The lowest BCUT2D eigenvalue weighted by Gasteiger charge is -2.29. The zero-order valence-corrected chi connectivity index (χ0v) is 13.4. The number of halogens is 2. The summed E-state index contributed by atoms with van der Waals surface area (Å²) in [6.45, 7) is 4.14. The molecule has 3 rings (SSSR count). The van der Waals surface area contributed by atoms with Crippen LogP contribution in [0.4, 0.5) is 4.39 Å². The first-order chi connectivity index (χ1) is 9.96. The van der Waals surface area contributed by atoms with Gasteiger partial charge in [0, 0.05) is 17.7 Å². The molecule has 1 saturated carbocycles. The first-order valence-corrected chi connectivity index (χ1v) is 7.80. The Morgan fingerprint density at radius 3 is 2.62 bits per heavy atom. The van der Waals surface area contributed by atoms with Gasteiger partial charge in [0.2, 0.25) is 0 Å². The van der Waals surface area contributed by atoms with Gasteiger partial charge in [-0.1, -0.05) is 12.8 Å². The largest absolute Gasteiger partial charge is 0.494 e. The second kappa shape index (κ2) is 5.16. The molecule has 1 aromatic carbocycles. The average molecular weight is 311 g/mol. The minimum absolute atomic E-state index is 0.00389. The molecule has 0 radical (unpaired) electrons. The molecule has 0 aliphatic heterocycles. The van der Waals surface area contributed by atoms with E-state index in [0.29, 0.717) is 5.52 Å². The molecule has 1 aliphatic carbocycles. The Kier molecular flexibility index (Phi) is 3.60. The maximum atomic E-state index is 13.9. The standard InChI is InChI=1S/C16H20ClFN2O/c1-10(17)15-19-12-8-11(18)14(21-3)9-13(12)20(15)16(2)6-4-5-7-16/h8-10H,4-7H2,1-3H3. The number of nitrogens with zero attached hydrogens (tertiary/aromatic N) is 2. The summed E-state index contributed by atoms with van der Waals surface area (Å²) in [5, 5.41) is -0.219. The number of aromatic nitrogens is 2. The van der Waals surface area contributed by atoms with E-state index >= 15 is 0 Å². The van der Waals surface area contributed by atoms with Gasteiger partial charge in [0.15, 0.2) is 11.6 Å². The van der Waals surface area contributed by atoms with Crippen LogP contribution in [0.3, 0.4) is 0 Å². The van der Waals surface area contributed by atoms with E-state index in [9.17, 15) is 4.39 Å². The number of methoxy groups -OCH3 is 1. The lowest BCUT2D eigenvalue weighted by molar-refractivity contribution is 0.327. The maximum absolute atomic E-state index is 13.9. The van der Waals surface area contributed by atoms with E-state index < -0.39 is 0 Å². The third-order valence-electron chi connectivity index (χ3n) is 4.53. The van der Waals surface area contributed by atoms with E-state index in [4.69, 9.17) is 16.3 Å². The second-order valence-corrected chi connectivity index (χ2v) is 6.76. The van der Waals surface area contributed by atoms with Crippen LogP contribution < -0.4 is 4.74 Å². The van der Waals surface area contributed by atoms with Crippen molar-refractivity contribution in [2.75, 3.05) is 7.11 Å². The van der Waals surface area contributed by atoms with E-state index in [1.54, 1.807) is 6.07 Å². The monoisotopic (exact) mass is 310 g/mol. The molecule has 0 amide bonds. The molecule has 0 bridgehead atoms. The van der Waals surface area contributed by atoms with Gasteiger partial charge < -0.3 is 9.30 Å². The minimum atomic E-state index is -0.389. The number of ether oxygens (including phenoxy) is 1. The molecule has 1 unspecified atom stereocenters. The fourth-order valence-corrected chi connectivity index (χ4v) is 3.59. The number of fused-ring (bicyclic) bond motifs is 1. The molecule has 0 N–H and O–H groups in total. The van der Waals surface area contributed by atoms with Crippen LogP contribution >= 0.6 is 11.6 Å². The van der Waals surface area contributed by atoms with Gasteiger partial charge in [0.05, 0.1) is 23.5 Å². The van der Waals surface area contributed by atoms with Crippen LogP contribution in [-0.4, -0.2) is 16.7 Å². The summed E-state index contributed by atoms with van der Waals surface area (Å²) in [6.07, 6.45) is 4.58. The highest BCUT2D eigenvalue weighted by atomic mass is 35.5. The van der Waals surface area contributed by atoms with E-state index in [2.05, 4.69) is 16.5 Å². The van der Waals surface area contributed by atoms with Gasteiger partial charge in [-0.05, 0) is 26.7 Å². The van der Waals surface area contributed by atoms with Crippen molar-refractivity contribution in [1.82, 2.24) is 9.55 Å². The number of hydrogen-bond donors (Lipinski definition) is 0. The number of imidazole rings is 1. The molecule has 1 fully saturated rings. The van der Waals surface area contributed by atoms with Gasteiger partial charge in [-0.25, -0.2) is 9.37 Å². The van der Waals surface area contributed by atoms with Crippen molar-refractivity contribution in [3.63, 3.8) is 0 Å². The summed E-state index contributed by atoms with van der Waals surface area (Å²) in [5.74, 6) is 0.669. The van der Waals surface area contributed by atoms with Crippen molar-refractivity contribution in [1.29, 1.82) is 0 Å². The topological polar surface area (TPSA) is 27.1 Å². The Hall–Kier alpha value is -1.29. The van der Waals surface area contributed by atoms with Crippen LogP contribution in [0.1, 0.15) is 50.7 Å². The zero-order chi connectivity index (χ0) is 15.2. The highest BCUT2D eigenvalue weighted by Crippen LogP contribution is 2.42. The van der Waals surface area contributed by atoms with E-state index in [0.717, 1.165) is 24.2 Å². The molecule has 21 heavy (non-hydrogen) atoms. The molecule has 1 atom stereocenters. The Morgan fingerprint density at radius 1 is 1.38 bits per heavy atom. The Balaban J connectivity index is 2.30. The van der Waals surface area contributed by atoms with Crippen LogP contribution in [0.5, 0.6) is 5.75 Å². The van der Waals surface area contributed by atoms with Gasteiger partial charge in [0.25, 0.3) is 0 Å². The van der Waals surface area contributed by atoms with Gasteiger partial charge in [-0.2, -0.15) is 0 Å². The van der Waals surface area contributed by atoms with Crippen molar-refractivity contribution in [3.8, 4) is 5.75 Å². The first kappa shape index (κ1) is 14.6. The molecule has 0 saturated heterocycles. The normalized spacial score (nSPS) is 19.1. The van der Waals surface area contributed by atoms with Crippen molar-refractivity contribution in [2.45, 2.75) is 50.4 Å². The van der Waals surface area contributed by atoms with Crippen molar-refractivity contribution in [2.24, 2.45) is 0 Å². The van der Waals surface area contributed by atoms with Crippen LogP contribution in [0.15, 0.2) is 12.1 Å². The number of hydrogen-bond acceptors (Lipinski definition) is 2.